The molecule has 0 aromatic heterocycles. The monoisotopic (exact) mass is 292 g/mol. The third kappa shape index (κ3) is 3.08. The minimum absolute atomic E-state index is 0.243. The Balaban J connectivity index is 1.79. The van der Waals surface area contributed by atoms with Gasteiger partial charge in [-0.15, -0.1) is 0 Å². The SMILES string of the molecule is CCCC1CCCC2(CC1)C[C@H](O)c1cc(F)ccc1O2. The standard InChI is InChI=1S/C18H25FO2/c1-2-4-13-5-3-9-18(10-8-13)12-16(20)15-11-14(19)6-7-17(15)21-18/h6-7,11,13,16,20H,2-5,8-10,12H2,1H3/t13?,16-,18?/m0/s1. The van der Waals surface area contributed by atoms with Gasteiger partial charge >= 0.3 is 0 Å². The molecular weight excluding hydrogens is 267 g/mol. The minimum Gasteiger partial charge on any atom is -0.487 e. The number of aliphatic hydroxyl groups excluding tert-OH is 1. The number of fused-ring (bicyclic) bond motifs is 1. The highest BCUT2D eigenvalue weighted by Crippen LogP contribution is 2.46. The van der Waals surface area contributed by atoms with Crippen LogP contribution in [0.2, 0.25) is 0 Å². The Morgan fingerprint density at radius 1 is 1.33 bits per heavy atom. The van der Waals surface area contributed by atoms with Gasteiger partial charge in [-0.3, -0.25) is 0 Å². The number of rotatable bonds is 2. The van der Waals surface area contributed by atoms with E-state index in [0.29, 0.717) is 17.7 Å². The number of aliphatic hydroxyl groups is 1. The van der Waals surface area contributed by atoms with E-state index in [1.165, 1.54) is 37.8 Å². The summed E-state index contributed by atoms with van der Waals surface area (Å²) < 4.78 is 19.6. The van der Waals surface area contributed by atoms with Gasteiger partial charge in [0, 0.05) is 12.0 Å². The fourth-order valence-electron chi connectivity index (χ4n) is 4.06. The smallest absolute Gasteiger partial charge is 0.126 e. The number of benzene rings is 1. The quantitative estimate of drug-likeness (QED) is 0.851. The van der Waals surface area contributed by atoms with Crippen molar-refractivity contribution in [1.29, 1.82) is 0 Å². The molecule has 1 aromatic carbocycles. The van der Waals surface area contributed by atoms with Gasteiger partial charge in [0.25, 0.3) is 0 Å². The van der Waals surface area contributed by atoms with Crippen LogP contribution in [0.15, 0.2) is 18.2 Å². The van der Waals surface area contributed by atoms with Gasteiger partial charge in [0.15, 0.2) is 0 Å². The van der Waals surface area contributed by atoms with Crippen molar-refractivity contribution in [3.05, 3.63) is 29.6 Å². The minimum atomic E-state index is -0.604. The van der Waals surface area contributed by atoms with E-state index < -0.39 is 6.10 Å². The number of ether oxygens (including phenoxy) is 1. The second-order valence-electron chi connectivity index (χ2n) is 6.77. The van der Waals surface area contributed by atoms with Crippen molar-refractivity contribution in [3.8, 4) is 5.75 Å². The van der Waals surface area contributed by atoms with Crippen LogP contribution in [0.5, 0.6) is 5.75 Å². The molecule has 1 aliphatic carbocycles. The molecule has 3 atom stereocenters. The highest BCUT2D eigenvalue weighted by Gasteiger charge is 2.41. The summed E-state index contributed by atoms with van der Waals surface area (Å²) in [6.07, 6.45) is 8.14. The van der Waals surface area contributed by atoms with Crippen LogP contribution in [-0.2, 0) is 0 Å². The summed E-state index contributed by atoms with van der Waals surface area (Å²) in [6, 6.07) is 4.49. The van der Waals surface area contributed by atoms with Crippen LogP contribution in [0, 0.1) is 11.7 Å². The van der Waals surface area contributed by atoms with Gasteiger partial charge in [-0.25, -0.2) is 4.39 Å². The molecule has 1 fully saturated rings. The summed E-state index contributed by atoms with van der Waals surface area (Å²) >= 11 is 0. The van der Waals surface area contributed by atoms with Crippen molar-refractivity contribution in [2.45, 2.75) is 70.0 Å². The second kappa shape index (κ2) is 5.96. The van der Waals surface area contributed by atoms with Gasteiger partial charge in [0.05, 0.1) is 6.10 Å². The van der Waals surface area contributed by atoms with Crippen molar-refractivity contribution >= 4 is 0 Å². The Bertz CT molecular complexity index is 502. The number of halogens is 1. The first-order valence-electron chi connectivity index (χ1n) is 8.28. The van der Waals surface area contributed by atoms with Crippen LogP contribution >= 0.6 is 0 Å². The average molecular weight is 292 g/mol. The number of hydrogen-bond donors (Lipinski definition) is 1. The molecule has 2 nitrogen and oxygen atoms in total. The van der Waals surface area contributed by atoms with Crippen molar-refractivity contribution in [1.82, 2.24) is 0 Å². The van der Waals surface area contributed by atoms with Crippen LogP contribution in [0.1, 0.15) is 70.0 Å². The zero-order chi connectivity index (χ0) is 14.9. The highest BCUT2D eigenvalue weighted by atomic mass is 19.1. The lowest BCUT2D eigenvalue weighted by Gasteiger charge is -2.40. The third-order valence-electron chi connectivity index (χ3n) is 5.17. The van der Waals surface area contributed by atoms with Gasteiger partial charge in [0.1, 0.15) is 17.2 Å². The molecular formula is C18H25FO2. The van der Waals surface area contributed by atoms with E-state index in [2.05, 4.69) is 6.92 Å². The van der Waals surface area contributed by atoms with E-state index >= 15 is 0 Å². The maximum absolute atomic E-state index is 13.3. The summed E-state index contributed by atoms with van der Waals surface area (Å²) in [6.45, 7) is 2.24. The van der Waals surface area contributed by atoms with Crippen LogP contribution in [-0.4, -0.2) is 10.7 Å². The molecule has 1 spiro atoms. The van der Waals surface area contributed by atoms with Crippen molar-refractivity contribution in [3.63, 3.8) is 0 Å². The Labute approximate surface area is 126 Å². The van der Waals surface area contributed by atoms with Crippen molar-refractivity contribution in [2.24, 2.45) is 5.92 Å². The van der Waals surface area contributed by atoms with Crippen molar-refractivity contribution in [2.75, 3.05) is 0 Å². The molecule has 3 heteroatoms. The molecule has 1 saturated carbocycles. The Morgan fingerprint density at radius 3 is 3.00 bits per heavy atom. The van der Waals surface area contributed by atoms with Crippen LogP contribution < -0.4 is 4.74 Å². The normalized spacial score (nSPS) is 32.3. The molecule has 116 valence electrons. The van der Waals surface area contributed by atoms with E-state index in [0.717, 1.165) is 25.2 Å². The molecule has 0 amide bonds. The van der Waals surface area contributed by atoms with Crippen LogP contribution in [0.25, 0.3) is 0 Å². The molecule has 2 unspecified atom stereocenters. The molecule has 1 heterocycles. The van der Waals surface area contributed by atoms with E-state index in [1.807, 2.05) is 0 Å². The summed E-state index contributed by atoms with van der Waals surface area (Å²) in [5.41, 5.74) is 0.363. The second-order valence-corrected chi connectivity index (χ2v) is 6.77. The summed E-state index contributed by atoms with van der Waals surface area (Å²) in [7, 11) is 0. The zero-order valence-corrected chi connectivity index (χ0v) is 12.8. The maximum Gasteiger partial charge on any atom is 0.126 e. The fourth-order valence-corrected chi connectivity index (χ4v) is 4.06. The van der Waals surface area contributed by atoms with E-state index in [1.54, 1.807) is 6.07 Å². The lowest BCUT2D eigenvalue weighted by molar-refractivity contribution is -0.0253. The van der Waals surface area contributed by atoms with Gasteiger partial charge in [0.2, 0.25) is 0 Å². The highest BCUT2D eigenvalue weighted by molar-refractivity contribution is 5.38. The van der Waals surface area contributed by atoms with E-state index in [4.69, 9.17) is 4.74 Å². The maximum atomic E-state index is 13.3. The lowest BCUT2D eigenvalue weighted by atomic mass is 9.83. The molecule has 0 bridgehead atoms. The Morgan fingerprint density at radius 2 is 2.19 bits per heavy atom. The zero-order valence-electron chi connectivity index (χ0n) is 12.8. The molecule has 21 heavy (non-hydrogen) atoms. The van der Waals surface area contributed by atoms with Gasteiger partial charge in [-0.2, -0.15) is 0 Å². The number of hydrogen-bond acceptors (Lipinski definition) is 2. The molecule has 1 aromatic rings. The average Bonchev–Trinajstić information content (AvgIpc) is 2.64. The van der Waals surface area contributed by atoms with Gasteiger partial charge < -0.3 is 9.84 Å². The lowest BCUT2D eigenvalue weighted by Crippen LogP contribution is -2.40. The molecule has 2 aliphatic rings. The first kappa shape index (κ1) is 14.8. The Hall–Kier alpha value is -1.09. The van der Waals surface area contributed by atoms with Gasteiger partial charge in [-0.05, 0) is 49.8 Å². The predicted octanol–water partition coefficient (Wildman–Crippen LogP) is 4.76. The summed E-state index contributed by atoms with van der Waals surface area (Å²) in [4.78, 5) is 0. The topological polar surface area (TPSA) is 29.5 Å². The summed E-state index contributed by atoms with van der Waals surface area (Å²) in [5, 5.41) is 10.4. The Kier molecular flexibility index (Phi) is 4.21. The molecule has 0 radical (unpaired) electrons. The van der Waals surface area contributed by atoms with Gasteiger partial charge in [-0.1, -0.05) is 26.2 Å². The van der Waals surface area contributed by atoms with Crippen molar-refractivity contribution < 1.29 is 14.2 Å². The first-order valence-corrected chi connectivity index (χ1v) is 8.28. The molecule has 1 N–H and O–H groups in total. The van der Waals surface area contributed by atoms with Crippen LogP contribution in [0.4, 0.5) is 4.39 Å². The largest absolute Gasteiger partial charge is 0.487 e. The fraction of sp³-hybridized carbons (Fsp3) is 0.667. The molecule has 3 rings (SSSR count). The molecule has 0 saturated heterocycles. The third-order valence-corrected chi connectivity index (χ3v) is 5.17. The predicted molar refractivity (Wildman–Crippen MR) is 80.8 cm³/mol. The van der Waals surface area contributed by atoms with E-state index in [9.17, 15) is 9.50 Å². The molecule has 1 aliphatic heterocycles. The summed E-state index contributed by atoms with van der Waals surface area (Å²) in [5.74, 6) is 1.16. The first-order chi connectivity index (χ1) is 10.1. The van der Waals surface area contributed by atoms with E-state index in [-0.39, 0.29) is 11.4 Å². The van der Waals surface area contributed by atoms with Crippen LogP contribution in [0.3, 0.4) is 0 Å².